The van der Waals surface area contributed by atoms with E-state index in [4.69, 9.17) is 9.47 Å². The van der Waals surface area contributed by atoms with E-state index in [2.05, 4.69) is 11.9 Å². The third-order valence-electron chi connectivity index (χ3n) is 2.46. The lowest BCUT2D eigenvalue weighted by Gasteiger charge is -2.04. The van der Waals surface area contributed by atoms with E-state index in [1.165, 1.54) is 0 Å². The summed E-state index contributed by atoms with van der Waals surface area (Å²) in [5.41, 5.74) is 2.27. The van der Waals surface area contributed by atoms with Gasteiger partial charge in [0.25, 0.3) is 0 Å². The van der Waals surface area contributed by atoms with Crippen LogP contribution in [0.3, 0.4) is 0 Å². The molecule has 0 aliphatic rings. The van der Waals surface area contributed by atoms with Gasteiger partial charge in [0, 0.05) is 11.6 Å². The molecule has 0 aliphatic heterocycles. The number of fused-ring (bicyclic) bond motifs is 1. The number of ether oxygens (including phenoxy) is 2. The summed E-state index contributed by atoms with van der Waals surface area (Å²) in [6.45, 7) is 4.70. The van der Waals surface area contributed by atoms with Crippen LogP contribution < -0.4 is 9.47 Å². The molecule has 3 nitrogen and oxygen atoms in total. The van der Waals surface area contributed by atoms with Crippen molar-refractivity contribution >= 4 is 10.9 Å². The van der Waals surface area contributed by atoms with E-state index in [1.807, 2.05) is 25.3 Å². The summed E-state index contributed by atoms with van der Waals surface area (Å²) < 4.78 is 10.8. The van der Waals surface area contributed by atoms with Gasteiger partial charge in [0.05, 0.1) is 19.2 Å². The Hall–Kier alpha value is -1.64. The molecule has 0 unspecified atom stereocenters. The molecule has 2 rings (SSSR count). The quantitative estimate of drug-likeness (QED) is 0.836. The molecule has 0 saturated carbocycles. The molecule has 0 spiro atoms. The van der Waals surface area contributed by atoms with Crippen LogP contribution in [0.4, 0.5) is 0 Å². The molecule has 15 heavy (non-hydrogen) atoms. The van der Waals surface area contributed by atoms with Crippen LogP contribution in [-0.4, -0.2) is 18.7 Å². The van der Waals surface area contributed by atoms with Gasteiger partial charge in [0.15, 0.2) is 0 Å². The fraction of sp³-hybridized carbons (Fsp3) is 0.333. The molecule has 0 saturated heterocycles. The maximum absolute atomic E-state index is 5.53. The molecule has 0 amide bonds. The number of methoxy groups -OCH3 is 1. The van der Waals surface area contributed by atoms with Gasteiger partial charge in [-0.15, -0.1) is 0 Å². The molecule has 80 valence electrons. The molecule has 1 aromatic carbocycles. The van der Waals surface area contributed by atoms with Gasteiger partial charge in [-0.3, -0.25) is 0 Å². The summed E-state index contributed by atoms with van der Waals surface area (Å²) in [6.07, 6.45) is 1.89. The molecule has 0 bridgehead atoms. The van der Waals surface area contributed by atoms with E-state index in [1.54, 1.807) is 7.11 Å². The average Bonchev–Trinajstić information content (AvgIpc) is 2.63. The number of aromatic nitrogens is 1. The molecule has 0 aliphatic carbocycles. The first-order valence-corrected chi connectivity index (χ1v) is 5.04. The van der Waals surface area contributed by atoms with Crippen molar-refractivity contribution in [1.29, 1.82) is 0 Å². The number of aryl methyl sites for hydroxylation is 1. The summed E-state index contributed by atoms with van der Waals surface area (Å²) >= 11 is 0. The van der Waals surface area contributed by atoms with E-state index in [-0.39, 0.29) is 0 Å². The molecule has 2 aromatic rings. The molecule has 0 radical (unpaired) electrons. The van der Waals surface area contributed by atoms with Crippen LogP contribution in [0.1, 0.15) is 12.5 Å². The number of hydrogen-bond acceptors (Lipinski definition) is 2. The third kappa shape index (κ3) is 1.65. The lowest BCUT2D eigenvalue weighted by atomic mass is 10.1. The fourth-order valence-electron chi connectivity index (χ4n) is 1.75. The number of nitrogens with one attached hydrogen (secondary N) is 1. The highest BCUT2D eigenvalue weighted by molar-refractivity contribution is 5.89. The molecular weight excluding hydrogens is 190 g/mol. The number of H-pyrrole nitrogens is 1. The molecule has 1 heterocycles. The second kappa shape index (κ2) is 3.85. The molecular formula is C12H15NO2. The zero-order valence-electron chi connectivity index (χ0n) is 9.26. The minimum Gasteiger partial charge on any atom is -0.497 e. The predicted molar refractivity (Wildman–Crippen MR) is 60.8 cm³/mol. The Kier molecular flexibility index (Phi) is 2.54. The molecule has 1 aromatic heterocycles. The van der Waals surface area contributed by atoms with Crippen LogP contribution in [0.15, 0.2) is 18.3 Å². The largest absolute Gasteiger partial charge is 0.497 e. The first kappa shape index (κ1) is 9.90. The lowest BCUT2D eigenvalue weighted by Crippen LogP contribution is -1.90. The Labute approximate surface area is 89.0 Å². The SMILES string of the molecule is CCOc1c[nH]c2c(C)cc(OC)cc12. The van der Waals surface area contributed by atoms with Crippen molar-refractivity contribution in [1.82, 2.24) is 4.98 Å². The Bertz CT molecular complexity index is 474. The summed E-state index contributed by atoms with van der Waals surface area (Å²) in [5.74, 6) is 1.75. The van der Waals surface area contributed by atoms with Gasteiger partial charge in [0.2, 0.25) is 0 Å². The zero-order valence-corrected chi connectivity index (χ0v) is 9.26. The van der Waals surface area contributed by atoms with E-state index >= 15 is 0 Å². The van der Waals surface area contributed by atoms with Crippen molar-refractivity contribution in [3.05, 3.63) is 23.9 Å². The van der Waals surface area contributed by atoms with E-state index in [0.29, 0.717) is 6.61 Å². The van der Waals surface area contributed by atoms with Gasteiger partial charge < -0.3 is 14.5 Å². The topological polar surface area (TPSA) is 34.2 Å². The predicted octanol–water partition coefficient (Wildman–Crippen LogP) is 2.88. The van der Waals surface area contributed by atoms with E-state index in [9.17, 15) is 0 Å². The fourth-order valence-corrected chi connectivity index (χ4v) is 1.75. The van der Waals surface area contributed by atoms with Crippen molar-refractivity contribution in [3.63, 3.8) is 0 Å². The van der Waals surface area contributed by atoms with Crippen LogP contribution in [0.2, 0.25) is 0 Å². The van der Waals surface area contributed by atoms with Crippen molar-refractivity contribution in [2.45, 2.75) is 13.8 Å². The maximum atomic E-state index is 5.53. The highest BCUT2D eigenvalue weighted by atomic mass is 16.5. The average molecular weight is 205 g/mol. The minimum atomic E-state index is 0.670. The van der Waals surface area contributed by atoms with Crippen LogP contribution >= 0.6 is 0 Å². The Balaban J connectivity index is 2.61. The first-order chi connectivity index (χ1) is 7.26. The van der Waals surface area contributed by atoms with Crippen molar-refractivity contribution in [3.8, 4) is 11.5 Å². The van der Waals surface area contributed by atoms with Gasteiger partial charge in [-0.1, -0.05) is 0 Å². The molecule has 3 heteroatoms. The second-order valence-electron chi connectivity index (χ2n) is 3.45. The Morgan fingerprint density at radius 2 is 2.13 bits per heavy atom. The van der Waals surface area contributed by atoms with Crippen molar-refractivity contribution in [2.75, 3.05) is 13.7 Å². The van der Waals surface area contributed by atoms with Gasteiger partial charge in [-0.2, -0.15) is 0 Å². The molecule has 0 fully saturated rings. The van der Waals surface area contributed by atoms with Crippen LogP contribution in [-0.2, 0) is 0 Å². The molecule has 0 atom stereocenters. The van der Waals surface area contributed by atoms with Crippen LogP contribution in [0.5, 0.6) is 11.5 Å². The summed E-state index contributed by atoms with van der Waals surface area (Å²) in [7, 11) is 1.67. The molecule has 1 N–H and O–H groups in total. The van der Waals surface area contributed by atoms with Crippen LogP contribution in [0.25, 0.3) is 10.9 Å². The van der Waals surface area contributed by atoms with Gasteiger partial charge >= 0.3 is 0 Å². The van der Waals surface area contributed by atoms with Crippen LogP contribution in [0, 0.1) is 6.92 Å². The third-order valence-corrected chi connectivity index (χ3v) is 2.46. The maximum Gasteiger partial charge on any atom is 0.144 e. The smallest absolute Gasteiger partial charge is 0.144 e. The lowest BCUT2D eigenvalue weighted by molar-refractivity contribution is 0.344. The first-order valence-electron chi connectivity index (χ1n) is 5.04. The highest BCUT2D eigenvalue weighted by Gasteiger charge is 2.08. The normalized spacial score (nSPS) is 10.6. The minimum absolute atomic E-state index is 0.670. The monoisotopic (exact) mass is 205 g/mol. The van der Waals surface area contributed by atoms with Crippen molar-refractivity contribution in [2.24, 2.45) is 0 Å². The highest BCUT2D eigenvalue weighted by Crippen LogP contribution is 2.31. The second-order valence-corrected chi connectivity index (χ2v) is 3.45. The summed E-state index contributed by atoms with van der Waals surface area (Å²) in [5, 5.41) is 1.08. The summed E-state index contributed by atoms with van der Waals surface area (Å²) in [6, 6.07) is 4.00. The zero-order chi connectivity index (χ0) is 10.8. The van der Waals surface area contributed by atoms with Gasteiger partial charge in [-0.05, 0) is 31.5 Å². The van der Waals surface area contributed by atoms with Gasteiger partial charge in [0.1, 0.15) is 11.5 Å². The van der Waals surface area contributed by atoms with Gasteiger partial charge in [-0.25, -0.2) is 0 Å². The van der Waals surface area contributed by atoms with E-state index in [0.717, 1.165) is 28.0 Å². The number of aromatic amines is 1. The summed E-state index contributed by atoms with van der Waals surface area (Å²) in [4.78, 5) is 3.21. The number of benzene rings is 1. The van der Waals surface area contributed by atoms with E-state index < -0.39 is 0 Å². The van der Waals surface area contributed by atoms with Crippen molar-refractivity contribution < 1.29 is 9.47 Å². The standard InChI is InChI=1S/C12H15NO2/c1-4-15-11-7-13-12-8(2)5-9(14-3)6-10(11)12/h5-7,13H,4H2,1-3H3. The Morgan fingerprint density at radius 1 is 1.33 bits per heavy atom. The number of rotatable bonds is 3. The number of hydrogen-bond donors (Lipinski definition) is 1. The Morgan fingerprint density at radius 3 is 2.80 bits per heavy atom.